The van der Waals surface area contributed by atoms with Crippen LogP contribution in [0.15, 0.2) is 24.3 Å². The second kappa shape index (κ2) is 3.64. The second-order valence-electron chi connectivity index (χ2n) is 2.53. The van der Waals surface area contributed by atoms with E-state index >= 15 is 0 Å². The van der Waals surface area contributed by atoms with Crippen molar-refractivity contribution in [3.63, 3.8) is 0 Å². The number of carboxylic acid groups (broad SMARTS) is 1. The molecule has 1 aromatic carbocycles. The molecule has 0 radical (unpaired) electrons. The van der Waals surface area contributed by atoms with E-state index in [0.29, 0.717) is 0 Å². The summed E-state index contributed by atoms with van der Waals surface area (Å²) in [6, 6.07) is 5.17. The first-order valence-electron chi connectivity index (χ1n) is 3.52. The van der Waals surface area contributed by atoms with Crippen LogP contribution in [0.5, 0.6) is 0 Å². The van der Waals surface area contributed by atoms with Crippen LogP contribution in [-0.2, 0) is 10.2 Å². The fourth-order valence-electron chi connectivity index (χ4n) is 0.845. The van der Waals surface area contributed by atoms with Gasteiger partial charge >= 0.3 is 5.97 Å². The van der Waals surface area contributed by atoms with Gasteiger partial charge in [-0.25, -0.2) is 9.93 Å². The van der Waals surface area contributed by atoms with Gasteiger partial charge in [-0.1, -0.05) is 0 Å². The normalized spacial score (nSPS) is 10.9. The molecule has 76 valence electrons. The van der Waals surface area contributed by atoms with E-state index in [1.54, 1.807) is 0 Å². The van der Waals surface area contributed by atoms with Crippen LogP contribution in [-0.4, -0.2) is 19.5 Å². The molecule has 0 aromatic heterocycles. The lowest BCUT2D eigenvalue weighted by molar-refractivity contribution is 0.0697. The largest absolute Gasteiger partial charge is 0.478 e. The highest BCUT2D eigenvalue weighted by Crippen LogP contribution is 2.09. The van der Waals surface area contributed by atoms with E-state index in [9.17, 15) is 13.2 Å². The van der Waals surface area contributed by atoms with Crippen molar-refractivity contribution in [1.29, 1.82) is 0 Å². The predicted molar refractivity (Wildman–Crippen MR) is 50.1 cm³/mol. The first kappa shape index (κ1) is 10.5. The Balaban J connectivity index is 2.90. The minimum absolute atomic E-state index is 0.0740. The van der Waals surface area contributed by atoms with E-state index in [0.717, 1.165) is 0 Å². The quantitative estimate of drug-likeness (QED) is 0.660. The topological polar surface area (TPSA) is 109 Å². The lowest BCUT2D eigenvalue weighted by atomic mass is 10.2. The fraction of sp³-hybridized carbons (Fsp3) is 0. The van der Waals surface area contributed by atoms with Crippen molar-refractivity contribution in [1.82, 2.24) is 0 Å². The van der Waals surface area contributed by atoms with Crippen molar-refractivity contribution in [3.8, 4) is 0 Å². The van der Waals surface area contributed by atoms with Crippen molar-refractivity contribution in [3.05, 3.63) is 29.8 Å². The Morgan fingerprint density at radius 2 is 1.79 bits per heavy atom. The lowest BCUT2D eigenvalue weighted by Crippen LogP contribution is -2.21. The summed E-state index contributed by atoms with van der Waals surface area (Å²) in [6.07, 6.45) is 0. The Labute approximate surface area is 80.5 Å². The molecule has 0 aliphatic heterocycles. The zero-order valence-corrected chi connectivity index (χ0v) is 7.78. The molecule has 0 aliphatic carbocycles. The molecule has 0 saturated heterocycles. The molecule has 0 aliphatic rings. The average molecular weight is 216 g/mol. The molecule has 0 fully saturated rings. The van der Waals surface area contributed by atoms with Gasteiger partial charge in [-0.05, 0) is 24.3 Å². The molecular weight excluding hydrogens is 208 g/mol. The molecule has 0 saturated carbocycles. The molecule has 7 heteroatoms. The molecule has 0 bridgehead atoms. The first-order chi connectivity index (χ1) is 6.38. The summed E-state index contributed by atoms with van der Waals surface area (Å²) in [5.41, 5.74) is 0.294. The predicted octanol–water partition coefficient (Wildman–Crippen LogP) is 0.000200. The minimum atomic E-state index is -3.81. The molecule has 14 heavy (non-hydrogen) atoms. The number of hydrogen-bond acceptors (Lipinski definition) is 3. The zero-order chi connectivity index (χ0) is 10.8. The standard InChI is InChI=1S/C7H8N2O4S/c8-14(12,13)9-6-3-1-5(2-4-6)7(10)11/h1-4,9H,(H,10,11)(H2,8,12,13). The molecule has 1 aromatic rings. The van der Waals surface area contributed by atoms with Gasteiger partial charge in [-0.2, -0.15) is 8.42 Å². The number of nitrogens with one attached hydrogen (secondary N) is 1. The second-order valence-corrected chi connectivity index (χ2v) is 3.82. The van der Waals surface area contributed by atoms with E-state index in [4.69, 9.17) is 10.2 Å². The van der Waals surface area contributed by atoms with Crippen LogP contribution in [0.3, 0.4) is 0 Å². The Morgan fingerprint density at radius 3 is 2.14 bits per heavy atom. The van der Waals surface area contributed by atoms with Gasteiger partial charge in [0.1, 0.15) is 0 Å². The summed E-state index contributed by atoms with van der Waals surface area (Å²) in [5, 5.41) is 13.3. The Hall–Kier alpha value is -1.60. The summed E-state index contributed by atoms with van der Waals surface area (Å²) < 4.78 is 23.1. The highest BCUT2D eigenvalue weighted by molar-refractivity contribution is 7.90. The summed E-state index contributed by atoms with van der Waals surface area (Å²) in [5.74, 6) is -1.08. The minimum Gasteiger partial charge on any atom is -0.478 e. The van der Waals surface area contributed by atoms with Crippen molar-refractivity contribution in [2.45, 2.75) is 0 Å². The number of aromatic carboxylic acids is 1. The number of hydrogen-bond donors (Lipinski definition) is 3. The SMILES string of the molecule is NS(=O)(=O)Nc1ccc(C(=O)O)cc1. The summed E-state index contributed by atoms with van der Waals surface area (Å²) in [4.78, 5) is 10.4. The summed E-state index contributed by atoms with van der Waals surface area (Å²) >= 11 is 0. The zero-order valence-electron chi connectivity index (χ0n) is 6.97. The molecule has 0 atom stereocenters. The van der Waals surface area contributed by atoms with Gasteiger partial charge < -0.3 is 5.11 Å². The monoisotopic (exact) mass is 216 g/mol. The number of carbonyl (C=O) groups is 1. The third-order valence-electron chi connectivity index (χ3n) is 1.39. The average Bonchev–Trinajstić information content (AvgIpc) is 2.02. The van der Waals surface area contributed by atoms with E-state index in [2.05, 4.69) is 0 Å². The lowest BCUT2D eigenvalue weighted by Gasteiger charge is -2.02. The van der Waals surface area contributed by atoms with Crippen LogP contribution in [0.4, 0.5) is 5.69 Å². The van der Waals surface area contributed by atoms with Gasteiger partial charge in [-0.15, -0.1) is 0 Å². The van der Waals surface area contributed by atoms with Crippen molar-refractivity contribution in [2.75, 3.05) is 4.72 Å². The van der Waals surface area contributed by atoms with E-state index in [1.165, 1.54) is 24.3 Å². The Kier molecular flexibility index (Phi) is 2.73. The maximum atomic E-state index is 10.6. The third-order valence-corrected chi connectivity index (χ3v) is 1.91. The van der Waals surface area contributed by atoms with Gasteiger partial charge in [-0.3, -0.25) is 4.72 Å². The number of rotatable bonds is 3. The van der Waals surface area contributed by atoms with E-state index in [1.807, 2.05) is 4.72 Å². The van der Waals surface area contributed by atoms with E-state index in [-0.39, 0.29) is 11.3 Å². The molecule has 4 N–H and O–H groups in total. The molecule has 0 heterocycles. The molecule has 1 rings (SSSR count). The Bertz CT molecular complexity index is 437. The van der Waals surface area contributed by atoms with E-state index < -0.39 is 16.2 Å². The number of nitrogens with two attached hydrogens (primary N) is 1. The highest BCUT2D eigenvalue weighted by Gasteiger charge is 2.04. The Morgan fingerprint density at radius 1 is 1.29 bits per heavy atom. The molecular formula is C7H8N2O4S. The maximum Gasteiger partial charge on any atom is 0.335 e. The number of anilines is 1. The van der Waals surface area contributed by atoms with Gasteiger partial charge in [0.25, 0.3) is 10.2 Å². The fourth-order valence-corrected chi connectivity index (χ4v) is 1.31. The van der Waals surface area contributed by atoms with Gasteiger partial charge in [0.2, 0.25) is 0 Å². The third kappa shape index (κ3) is 3.04. The van der Waals surface area contributed by atoms with Crippen molar-refractivity contribution in [2.24, 2.45) is 5.14 Å². The van der Waals surface area contributed by atoms with Gasteiger partial charge in [0.05, 0.1) is 5.56 Å². The summed E-state index contributed by atoms with van der Waals surface area (Å²) in [6.45, 7) is 0. The van der Waals surface area contributed by atoms with Crippen LogP contribution >= 0.6 is 0 Å². The van der Waals surface area contributed by atoms with Crippen LogP contribution in [0.2, 0.25) is 0 Å². The van der Waals surface area contributed by atoms with Crippen molar-refractivity contribution < 1.29 is 18.3 Å². The number of carboxylic acids is 1. The maximum absolute atomic E-state index is 10.6. The molecule has 0 unspecified atom stereocenters. The van der Waals surface area contributed by atoms with Crippen molar-refractivity contribution >= 4 is 21.9 Å². The van der Waals surface area contributed by atoms with Gasteiger partial charge in [0, 0.05) is 5.69 Å². The van der Waals surface area contributed by atoms with Crippen LogP contribution in [0.1, 0.15) is 10.4 Å². The number of benzene rings is 1. The van der Waals surface area contributed by atoms with Gasteiger partial charge in [0.15, 0.2) is 0 Å². The summed E-state index contributed by atoms with van der Waals surface area (Å²) in [7, 11) is -3.81. The molecule has 0 spiro atoms. The highest BCUT2D eigenvalue weighted by atomic mass is 32.2. The molecule has 0 amide bonds. The van der Waals surface area contributed by atoms with Crippen LogP contribution < -0.4 is 9.86 Å². The van der Waals surface area contributed by atoms with Crippen LogP contribution in [0.25, 0.3) is 0 Å². The molecule has 6 nitrogen and oxygen atoms in total. The first-order valence-corrected chi connectivity index (χ1v) is 5.07. The smallest absolute Gasteiger partial charge is 0.335 e. The van der Waals surface area contributed by atoms with Crippen LogP contribution in [0, 0.1) is 0 Å².